The fraction of sp³-hybridized carbons (Fsp3) is 0.429. The second-order valence-corrected chi connectivity index (χ2v) is 4.02. The van der Waals surface area contributed by atoms with E-state index < -0.39 is 0 Å². The number of hydrogen-bond donors (Lipinski definition) is 1. The number of anilines is 1. The van der Waals surface area contributed by atoms with E-state index in [0.29, 0.717) is 24.5 Å². The predicted octanol–water partition coefficient (Wildman–Crippen LogP) is 1.94. The smallest absolute Gasteiger partial charge is 0.250 e. The van der Waals surface area contributed by atoms with E-state index in [1.54, 1.807) is 24.3 Å². The number of nitrogens with zero attached hydrogens (tertiary/aromatic N) is 1. The molecule has 0 aliphatic carbocycles. The lowest BCUT2D eigenvalue weighted by molar-refractivity contribution is -0.123. The van der Waals surface area contributed by atoms with Crippen molar-refractivity contribution in [3.8, 4) is 6.07 Å². The van der Waals surface area contributed by atoms with Gasteiger partial charge in [-0.05, 0) is 32.0 Å². The number of nitrogens with one attached hydrogen (secondary N) is 1. The fourth-order valence-corrected chi connectivity index (χ4v) is 1.41. The number of nitriles is 1. The lowest BCUT2D eigenvalue weighted by Gasteiger charge is -2.12. The van der Waals surface area contributed by atoms with E-state index in [1.165, 1.54) is 0 Å². The molecular weight excluding hydrogens is 244 g/mol. The molecule has 0 aliphatic rings. The molecule has 1 unspecified atom stereocenters. The molecule has 102 valence electrons. The highest BCUT2D eigenvalue weighted by atomic mass is 16.5. The maximum absolute atomic E-state index is 11.6. The molecular formula is C14H18N2O3. The first-order valence-electron chi connectivity index (χ1n) is 6.15. The Hall–Kier alpha value is -1.90. The minimum atomic E-state index is -0.251. The molecule has 1 atom stereocenters. The van der Waals surface area contributed by atoms with E-state index in [1.807, 2.05) is 19.9 Å². The molecule has 1 amide bonds. The molecule has 5 nitrogen and oxygen atoms in total. The van der Waals surface area contributed by atoms with Gasteiger partial charge >= 0.3 is 0 Å². The first kappa shape index (κ1) is 15.2. The summed E-state index contributed by atoms with van der Waals surface area (Å²) >= 11 is 0. The van der Waals surface area contributed by atoms with Gasteiger partial charge in [0.2, 0.25) is 5.91 Å². The van der Waals surface area contributed by atoms with Crippen LogP contribution in [0.4, 0.5) is 5.69 Å². The van der Waals surface area contributed by atoms with Gasteiger partial charge in [0.15, 0.2) is 0 Å². The van der Waals surface area contributed by atoms with Gasteiger partial charge in [-0.1, -0.05) is 6.07 Å². The number of benzene rings is 1. The van der Waals surface area contributed by atoms with Gasteiger partial charge in [0.1, 0.15) is 6.61 Å². The molecule has 1 rings (SSSR count). The van der Waals surface area contributed by atoms with Crippen molar-refractivity contribution in [1.82, 2.24) is 0 Å². The van der Waals surface area contributed by atoms with Gasteiger partial charge in [-0.2, -0.15) is 5.26 Å². The average molecular weight is 262 g/mol. The molecule has 1 aromatic rings. The van der Waals surface area contributed by atoms with Crippen LogP contribution in [0.1, 0.15) is 19.4 Å². The molecule has 0 fully saturated rings. The van der Waals surface area contributed by atoms with E-state index >= 15 is 0 Å². The van der Waals surface area contributed by atoms with Crippen molar-refractivity contribution < 1.29 is 14.3 Å². The molecule has 5 heteroatoms. The van der Waals surface area contributed by atoms with Gasteiger partial charge in [0, 0.05) is 12.3 Å². The van der Waals surface area contributed by atoms with Gasteiger partial charge in [-0.15, -0.1) is 0 Å². The molecule has 0 spiro atoms. The normalized spacial score (nSPS) is 11.6. The molecule has 0 aromatic heterocycles. The Morgan fingerprint density at radius 3 is 3.00 bits per heavy atom. The Kier molecular flexibility index (Phi) is 6.58. The van der Waals surface area contributed by atoms with Crippen molar-refractivity contribution in [3.05, 3.63) is 29.8 Å². The minimum absolute atomic E-state index is 0.0367. The summed E-state index contributed by atoms with van der Waals surface area (Å²) in [7, 11) is 0. The molecule has 0 aliphatic heterocycles. The maximum atomic E-state index is 11.6. The second kappa shape index (κ2) is 8.25. The Bertz CT molecular complexity index is 454. The molecule has 1 aromatic carbocycles. The van der Waals surface area contributed by atoms with Gasteiger partial charge in [0.05, 0.1) is 24.3 Å². The Morgan fingerprint density at radius 2 is 2.32 bits per heavy atom. The lowest BCUT2D eigenvalue weighted by atomic mass is 10.2. The van der Waals surface area contributed by atoms with Crippen molar-refractivity contribution in [3.63, 3.8) is 0 Å². The summed E-state index contributed by atoms with van der Waals surface area (Å²) in [5, 5.41) is 11.4. The van der Waals surface area contributed by atoms with Crippen molar-refractivity contribution in [2.24, 2.45) is 0 Å². The van der Waals surface area contributed by atoms with Crippen LogP contribution >= 0.6 is 0 Å². The highest BCUT2D eigenvalue weighted by Crippen LogP contribution is 2.09. The van der Waals surface area contributed by atoms with Gasteiger partial charge in [-0.25, -0.2) is 0 Å². The molecule has 1 N–H and O–H groups in total. The van der Waals surface area contributed by atoms with Crippen LogP contribution in [0.15, 0.2) is 24.3 Å². The van der Waals surface area contributed by atoms with E-state index in [2.05, 4.69) is 5.32 Å². The van der Waals surface area contributed by atoms with Crippen LogP contribution in [0.3, 0.4) is 0 Å². The van der Waals surface area contributed by atoms with E-state index in [-0.39, 0.29) is 18.6 Å². The second-order valence-electron chi connectivity index (χ2n) is 4.02. The summed E-state index contributed by atoms with van der Waals surface area (Å²) < 4.78 is 10.5. The largest absolute Gasteiger partial charge is 0.379 e. The summed E-state index contributed by atoms with van der Waals surface area (Å²) in [5.41, 5.74) is 1.09. The Morgan fingerprint density at radius 1 is 1.53 bits per heavy atom. The van der Waals surface area contributed by atoms with E-state index in [4.69, 9.17) is 14.7 Å². The summed E-state index contributed by atoms with van der Waals surface area (Å²) in [6.45, 7) is 4.81. The third kappa shape index (κ3) is 6.00. The summed E-state index contributed by atoms with van der Waals surface area (Å²) in [6.07, 6.45) is -0.129. The van der Waals surface area contributed by atoms with Crippen LogP contribution in [0.25, 0.3) is 0 Å². The highest BCUT2D eigenvalue weighted by Gasteiger charge is 2.07. The average Bonchev–Trinajstić information content (AvgIpc) is 2.43. The SMILES string of the molecule is CCOCC(C)OCC(=O)Nc1cccc(C#N)c1. The molecule has 0 heterocycles. The monoisotopic (exact) mass is 262 g/mol. The van der Waals surface area contributed by atoms with E-state index in [9.17, 15) is 4.79 Å². The third-order valence-corrected chi connectivity index (χ3v) is 2.33. The van der Waals surface area contributed by atoms with Crippen molar-refractivity contribution >= 4 is 11.6 Å². The summed E-state index contributed by atoms with van der Waals surface area (Å²) in [6, 6.07) is 8.74. The number of rotatable bonds is 7. The Labute approximate surface area is 113 Å². The van der Waals surface area contributed by atoms with Gasteiger partial charge < -0.3 is 14.8 Å². The zero-order chi connectivity index (χ0) is 14.1. The van der Waals surface area contributed by atoms with Crippen LogP contribution in [-0.2, 0) is 14.3 Å². The molecule has 0 radical (unpaired) electrons. The first-order valence-corrected chi connectivity index (χ1v) is 6.15. The number of amides is 1. The predicted molar refractivity (Wildman–Crippen MR) is 71.7 cm³/mol. The fourth-order valence-electron chi connectivity index (χ4n) is 1.41. The summed E-state index contributed by atoms with van der Waals surface area (Å²) in [5.74, 6) is -0.251. The first-order chi connectivity index (χ1) is 9.15. The van der Waals surface area contributed by atoms with Crippen LogP contribution in [0.2, 0.25) is 0 Å². The Balaban J connectivity index is 2.36. The van der Waals surface area contributed by atoms with Gasteiger partial charge in [-0.3, -0.25) is 4.79 Å². The number of hydrogen-bond acceptors (Lipinski definition) is 4. The van der Waals surface area contributed by atoms with E-state index in [0.717, 1.165) is 0 Å². The van der Waals surface area contributed by atoms with Crippen molar-refractivity contribution in [2.45, 2.75) is 20.0 Å². The zero-order valence-corrected chi connectivity index (χ0v) is 11.2. The van der Waals surface area contributed by atoms with Crippen LogP contribution < -0.4 is 5.32 Å². The van der Waals surface area contributed by atoms with Crippen LogP contribution in [0, 0.1) is 11.3 Å². The molecule has 0 saturated carbocycles. The topological polar surface area (TPSA) is 71.3 Å². The highest BCUT2D eigenvalue weighted by molar-refractivity contribution is 5.91. The molecule has 19 heavy (non-hydrogen) atoms. The lowest BCUT2D eigenvalue weighted by Crippen LogP contribution is -2.24. The number of ether oxygens (including phenoxy) is 2. The maximum Gasteiger partial charge on any atom is 0.250 e. The summed E-state index contributed by atoms with van der Waals surface area (Å²) in [4.78, 5) is 11.6. The van der Waals surface area contributed by atoms with Crippen molar-refractivity contribution in [1.29, 1.82) is 5.26 Å². The van der Waals surface area contributed by atoms with Crippen molar-refractivity contribution in [2.75, 3.05) is 25.1 Å². The standard InChI is InChI=1S/C14H18N2O3/c1-3-18-9-11(2)19-10-14(17)16-13-6-4-5-12(7-13)8-15/h4-7,11H,3,9-10H2,1-2H3,(H,16,17). The van der Waals surface area contributed by atoms with Crippen LogP contribution in [-0.4, -0.2) is 31.8 Å². The molecule has 0 saturated heterocycles. The zero-order valence-electron chi connectivity index (χ0n) is 11.2. The molecule has 0 bridgehead atoms. The third-order valence-electron chi connectivity index (χ3n) is 2.33. The van der Waals surface area contributed by atoms with Gasteiger partial charge in [0.25, 0.3) is 0 Å². The number of carbonyl (C=O) groups is 1. The quantitative estimate of drug-likeness (QED) is 0.815. The number of carbonyl (C=O) groups excluding carboxylic acids is 1. The minimum Gasteiger partial charge on any atom is -0.379 e. The van der Waals surface area contributed by atoms with Crippen LogP contribution in [0.5, 0.6) is 0 Å².